The number of nitrogen functional groups attached to an aromatic ring is 1. The number of benzene rings is 1. The highest BCUT2D eigenvalue weighted by atomic mass is 35.5. The number of nitrogens with two attached hydrogens (primary N) is 1. The van der Waals surface area contributed by atoms with Crippen molar-refractivity contribution in [1.29, 1.82) is 0 Å². The van der Waals surface area contributed by atoms with E-state index in [0.717, 1.165) is 16.6 Å². The Morgan fingerprint density at radius 1 is 1.28 bits per heavy atom. The SMILES string of the molecule is Cc1cnc2nc(-c3cc(N)ccc3Cl)[nH]c2c1. The lowest BCUT2D eigenvalue weighted by Crippen LogP contribution is -1.87. The highest BCUT2D eigenvalue weighted by Gasteiger charge is 2.10. The van der Waals surface area contributed by atoms with E-state index in [9.17, 15) is 0 Å². The van der Waals surface area contributed by atoms with Crippen molar-refractivity contribution in [2.45, 2.75) is 6.92 Å². The van der Waals surface area contributed by atoms with Gasteiger partial charge in [-0.25, -0.2) is 9.97 Å². The van der Waals surface area contributed by atoms with Crippen LogP contribution in [0, 0.1) is 6.92 Å². The second kappa shape index (κ2) is 3.99. The van der Waals surface area contributed by atoms with Crippen molar-refractivity contribution >= 4 is 28.5 Å². The minimum atomic E-state index is 0.611. The molecule has 1 aromatic carbocycles. The van der Waals surface area contributed by atoms with Gasteiger partial charge in [0.15, 0.2) is 5.65 Å². The summed E-state index contributed by atoms with van der Waals surface area (Å²) in [5.74, 6) is 0.681. The van der Waals surface area contributed by atoms with Gasteiger partial charge in [0, 0.05) is 17.4 Å². The fourth-order valence-electron chi connectivity index (χ4n) is 1.86. The first-order chi connectivity index (χ1) is 8.63. The maximum atomic E-state index is 6.15. The van der Waals surface area contributed by atoms with Gasteiger partial charge in [0.2, 0.25) is 0 Å². The van der Waals surface area contributed by atoms with Crippen LogP contribution in [0.5, 0.6) is 0 Å². The smallest absolute Gasteiger partial charge is 0.178 e. The number of aromatic amines is 1. The van der Waals surface area contributed by atoms with Crippen molar-refractivity contribution in [2.24, 2.45) is 0 Å². The molecule has 0 saturated heterocycles. The number of hydrogen-bond donors (Lipinski definition) is 2. The molecule has 18 heavy (non-hydrogen) atoms. The van der Waals surface area contributed by atoms with Gasteiger partial charge >= 0.3 is 0 Å². The second-order valence-electron chi connectivity index (χ2n) is 4.21. The highest BCUT2D eigenvalue weighted by molar-refractivity contribution is 6.33. The lowest BCUT2D eigenvalue weighted by atomic mass is 10.2. The standard InChI is InChI=1S/C13H11ClN4/c1-7-4-11-13(16-6-7)18-12(17-11)9-5-8(15)2-3-10(9)14/h2-6H,15H2,1H3,(H,16,17,18). The third kappa shape index (κ3) is 1.80. The van der Waals surface area contributed by atoms with Gasteiger partial charge in [-0.2, -0.15) is 0 Å². The third-order valence-electron chi connectivity index (χ3n) is 2.72. The molecule has 0 amide bonds. The molecular formula is C13H11ClN4. The molecule has 0 fully saturated rings. The van der Waals surface area contributed by atoms with Crippen LogP contribution in [0.1, 0.15) is 5.56 Å². The zero-order valence-corrected chi connectivity index (χ0v) is 10.5. The molecule has 0 radical (unpaired) electrons. The highest BCUT2D eigenvalue weighted by Crippen LogP contribution is 2.28. The van der Waals surface area contributed by atoms with E-state index in [1.165, 1.54) is 0 Å². The molecule has 3 aromatic rings. The Morgan fingerprint density at radius 3 is 2.94 bits per heavy atom. The minimum Gasteiger partial charge on any atom is -0.399 e. The summed E-state index contributed by atoms with van der Waals surface area (Å²) in [6.45, 7) is 1.99. The molecule has 2 aromatic heterocycles. The maximum Gasteiger partial charge on any atom is 0.178 e. The van der Waals surface area contributed by atoms with Crippen LogP contribution in [0.15, 0.2) is 30.5 Å². The van der Waals surface area contributed by atoms with Gasteiger partial charge in [-0.15, -0.1) is 0 Å². The number of hydrogen-bond acceptors (Lipinski definition) is 3. The van der Waals surface area contributed by atoms with Gasteiger partial charge in [-0.3, -0.25) is 0 Å². The topological polar surface area (TPSA) is 67.6 Å². The first-order valence-corrected chi connectivity index (χ1v) is 5.89. The van der Waals surface area contributed by atoms with Crippen molar-refractivity contribution in [3.63, 3.8) is 0 Å². The molecule has 0 aliphatic carbocycles. The van der Waals surface area contributed by atoms with Gasteiger partial charge in [0.1, 0.15) is 5.82 Å². The monoisotopic (exact) mass is 258 g/mol. The third-order valence-corrected chi connectivity index (χ3v) is 3.05. The van der Waals surface area contributed by atoms with Gasteiger partial charge in [0.25, 0.3) is 0 Å². The fourth-order valence-corrected chi connectivity index (χ4v) is 2.06. The molecule has 0 aliphatic rings. The van der Waals surface area contributed by atoms with Crippen molar-refractivity contribution in [2.75, 3.05) is 5.73 Å². The Bertz CT molecular complexity index is 733. The summed E-state index contributed by atoms with van der Waals surface area (Å²) >= 11 is 6.15. The first kappa shape index (κ1) is 11.0. The Balaban J connectivity index is 2.22. The van der Waals surface area contributed by atoms with E-state index in [4.69, 9.17) is 17.3 Å². The quantitative estimate of drug-likeness (QED) is 0.659. The molecular weight excluding hydrogens is 248 g/mol. The molecule has 5 heteroatoms. The van der Waals surface area contributed by atoms with E-state index >= 15 is 0 Å². The van der Waals surface area contributed by atoms with E-state index in [0.29, 0.717) is 22.2 Å². The largest absolute Gasteiger partial charge is 0.399 e. The molecule has 90 valence electrons. The van der Waals surface area contributed by atoms with Gasteiger partial charge in [0.05, 0.1) is 10.5 Å². The van der Waals surface area contributed by atoms with Crippen LogP contribution in [0.25, 0.3) is 22.6 Å². The number of halogens is 1. The number of fused-ring (bicyclic) bond motifs is 1. The molecule has 3 rings (SSSR count). The molecule has 4 nitrogen and oxygen atoms in total. The van der Waals surface area contributed by atoms with E-state index < -0.39 is 0 Å². The van der Waals surface area contributed by atoms with E-state index in [1.54, 1.807) is 24.4 Å². The van der Waals surface area contributed by atoms with Crippen LogP contribution in [-0.4, -0.2) is 15.0 Å². The predicted octanol–water partition coefficient (Wildman–Crippen LogP) is 3.17. The average Bonchev–Trinajstić information content (AvgIpc) is 2.74. The normalized spacial score (nSPS) is 11.0. The number of rotatable bonds is 1. The Labute approximate surface area is 109 Å². The summed E-state index contributed by atoms with van der Waals surface area (Å²) in [7, 11) is 0. The van der Waals surface area contributed by atoms with E-state index in [2.05, 4.69) is 15.0 Å². The average molecular weight is 259 g/mol. The summed E-state index contributed by atoms with van der Waals surface area (Å²) in [4.78, 5) is 11.9. The van der Waals surface area contributed by atoms with E-state index in [-0.39, 0.29) is 0 Å². The van der Waals surface area contributed by atoms with Crippen LogP contribution in [-0.2, 0) is 0 Å². The molecule has 0 unspecified atom stereocenters. The number of aryl methyl sites for hydroxylation is 1. The van der Waals surface area contributed by atoms with Crippen molar-refractivity contribution in [3.8, 4) is 11.4 Å². The van der Waals surface area contributed by atoms with Crippen LogP contribution >= 0.6 is 11.6 Å². The van der Waals surface area contributed by atoms with Crippen molar-refractivity contribution in [3.05, 3.63) is 41.0 Å². The summed E-state index contributed by atoms with van der Waals surface area (Å²) in [5.41, 5.74) is 9.85. The van der Waals surface area contributed by atoms with Crippen LogP contribution in [0.2, 0.25) is 5.02 Å². The summed E-state index contributed by atoms with van der Waals surface area (Å²) in [6.07, 6.45) is 1.79. The molecule has 2 heterocycles. The summed E-state index contributed by atoms with van der Waals surface area (Å²) in [5, 5.41) is 0.611. The molecule has 0 atom stereocenters. The Hall–Kier alpha value is -2.07. The summed E-state index contributed by atoms with van der Waals surface area (Å²) in [6, 6.07) is 7.32. The number of pyridine rings is 1. The predicted molar refractivity (Wildman–Crippen MR) is 73.5 cm³/mol. The molecule has 0 aliphatic heterocycles. The lowest BCUT2D eigenvalue weighted by molar-refractivity contribution is 1.28. The van der Waals surface area contributed by atoms with Gasteiger partial charge in [-0.05, 0) is 36.8 Å². The number of aromatic nitrogens is 3. The maximum absolute atomic E-state index is 6.15. The molecule has 0 bridgehead atoms. The van der Waals surface area contributed by atoms with Gasteiger partial charge < -0.3 is 10.7 Å². The molecule has 0 saturated carbocycles. The minimum absolute atomic E-state index is 0.611. The Kier molecular flexibility index (Phi) is 2.45. The van der Waals surface area contributed by atoms with Crippen LogP contribution in [0.3, 0.4) is 0 Å². The zero-order chi connectivity index (χ0) is 12.7. The molecule has 3 N–H and O–H groups in total. The molecule has 0 spiro atoms. The van der Waals surface area contributed by atoms with Gasteiger partial charge in [-0.1, -0.05) is 11.6 Å². The second-order valence-corrected chi connectivity index (χ2v) is 4.62. The number of nitrogens with zero attached hydrogens (tertiary/aromatic N) is 2. The number of nitrogens with one attached hydrogen (secondary N) is 1. The lowest BCUT2D eigenvalue weighted by Gasteiger charge is -2.01. The zero-order valence-electron chi connectivity index (χ0n) is 9.74. The van der Waals surface area contributed by atoms with Crippen LogP contribution in [0.4, 0.5) is 5.69 Å². The first-order valence-electron chi connectivity index (χ1n) is 5.51. The van der Waals surface area contributed by atoms with E-state index in [1.807, 2.05) is 13.0 Å². The van der Waals surface area contributed by atoms with Crippen molar-refractivity contribution in [1.82, 2.24) is 15.0 Å². The fraction of sp³-hybridized carbons (Fsp3) is 0.0769. The van der Waals surface area contributed by atoms with Crippen molar-refractivity contribution < 1.29 is 0 Å². The number of H-pyrrole nitrogens is 1. The van der Waals surface area contributed by atoms with Crippen LogP contribution < -0.4 is 5.73 Å². The summed E-state index contributed by atoms with van der Waals surface area (Å²) < 4.78 is 0. The number of imidazole rings is 1. The Morgan fingerprint density at radius 2 is 2.11 bits per heavy atom. The number of anilines is 1.